The lowest BCUT2D eigenvalue weighted by Crippen LogP contribution is -2.36. The molecule has 1 unspecified atom stereocenters. The summed E-state index contributed by atoms with van der Waals surface area (Å²) >= 11 is 0. The third kappa shape index (κ3) is 6.51. The van der Waals surface area contributed by atoms with E-state index < -0.39 is 12.1 Å². The van der Waals surface area contributed by atoms with E-state index >= 15 is 0 Å². The maximum Gasteiger partial charge on any atom is 0.490 e. The number of carboxylic acids is 1. The number of alkyl halides is 3. The minimum Gasteiger partial charge on any atom is -0.475 e. The molecule has 0 spiro atoms. The van der Waals surface area contributed by atoms with Crippen LogP contribution in [0.5, 0.6) is 0 Å². The summed E-state index contributed by atoms with van der Waals surface area (Å²) in [4.78, 5) is 31.9. The summed E-state index contributed by atoms with van der Waals surface area (Å²) in [6.07, 6.45) is 0.0574. The topological polar surface area (TPSA) is 139 Å². The number of aliphatic carboxylic acids is 1. The maximum atomic E-state index is 12.8. The van der Waals surface area contributed by atoms with Crippen molar-refractivity contribution in [3.8, 4) is 0 Å². The van der Waals surface area contributed by atoms with Gasteiger partial charge in [-0.05, 0) is 19.1 Å². The molecule has 1 amide bonds. The lowest BCUT2D eigenvalue weighted by Gasteiger charge is -2.23. The smallest absolute Gasteiger partial charge is 0.475 e. The molecule has 4 heterocycles. The number of rotatable bonds is 4. The van der Waals surface area contributed by atoms with Gasteiger partial charge in [-0.1, -0.05) is 5.16 Å². The summed E-state index contributed by atoms with van der Waals surface area (Å²) in [5, 5.41) is 18.6. The van der Waals surface area contributed by atoms with Crippen LogP contribution in [0, 0.1) is 12.8 Å². The van der Waals surface area contributed by atoms with Crippen LogP contribution in [0.1, 0.15) is 21.9 Å². The van der Waals surface area contributed by atoms with Crippen molar-refractivity contribution in [2.75, 3.05) is 18.4 Å². The Labute approximate surface area is 185 Å². The highest BCUT2D eigenvalue weighted by atomic mass is 19.4. The highest BCUT2D eigenvalue weighted by Crippen LogP contribution is 2.19. The van der Waals surface area contributed by atoms with Crippen LogP contribution < -0.4 is 5.32 Å². The fourth-order valence-electron chi connectivity index (χ4n) is 3.07. The van der Waals surface area contributed by atoms with E-state index in [9.17, 15) is 18.0 Å². The van der Waals surface area contributed by atoms with Gasteiger partial charge in [-0.25, -0.2) is 14.8 Å². The van der Waals surface area contributed by atoms with Crippen molar-refractivity contribution in [2.24, 2.45) is 5.92 Å². The third-order valence-corrected chi connectivity index (χ3v) is 4.56. The van der Waals surface area contributed by atoms with Gasteiger partial charge in [-0.3, -0.25) is 9.48 Å². The summed E-state index contributed by atoms with van der Waals surface area (Å²) in [6, 6.07) is 5.37. The Bertz CT molecular complexity index is 1080. The molecule has 1 atom stereocenters. The fraction of sp³-hybridized carbons (Fsp3) is 0.368. The van der Waals surface area contributed by atoms with Crippen LogP contribution >= 0.6 is 0 Å². The number of aryl methyl sites for hydroxylation is 1. The molecule has 2 N–H and O–H groups in total. The van der Waals surface area contributed by atoms with E-state index in [0.717, 1.165) is 5.69 Å². The second-order valence-electron chi connectivity index (χ2n) is 7.14. The number of hydrogen-bond donors (Lipinski definition) is 2. The van der Waals surface area contributed by atoms with Gasteiger partial charge in [0.25, 0.3) is 5.91 Å². The molecule has 176 valence electrons. The first kappa shape index (κ1) is 23.7. The molecule has 4 rings (SSSR count). The number of nitrogens with zero attached hydrogens (tertiary/aromatic N) is 6. The van der Waals surface area contributed by atoms with Crippen molar-refractivity contribution in [2.45, 2.75) is 26.2 Å². The molecule has 11 nitrogen and oxygen atoms in total. The Balaban J connectivity index is 0.000000383. The van der Waals surface area contributed by atoms with Crippen LogP contribution in [0.2, 0.25) is 0 Å². The van der Waals surface area contributed by atoms with Gasteiger partial charge in [0.1, 0.15) is 5.76 Å². The van der Waals surface area contributed by atoms with Crippen LogP contribution in [-0.2, 0) is 17.9 Å². The average Bonchev–Trinajstić information content (AvgIpc) is 3.36. The number of anilines is 1. The average molecular weight is 467 g/mol. The van der Waals surface area contributed by atoms with E-state index in [1.807, 2.05) is 10.7 Å². The zero-order valence-electron chi connectivity index (χ0n) is 17.4. The lowest BCUT2D eigenvalue weighted by atomic mass is 10.1. The molecule has 1 aliphatic heterocycles. The van der Waals surface area contributed by atoms with E-state index in [1.54, 1.807) is 42.5 Å². The minimum atomic E-state index is -5.08. The maximum absolute atomic E-state index is 12.8. The van der Waals surface area contributed by atoms with Gasteiger partial charge in [-0.15, -0.1) is 0 Å². The van der Waals surface area contributed by atoms with Crippen LogP contribution in [0.3, 0.4) is 0 Å². The number of hydrogen-bond acceptors (Lipinski definition) is 8. The zero-order chi connectivity index (χ0) is 24.0. The number of halogens is 3. The van der Waals surface area contributed by atoms with Gasteiger partial charge < -0.3 is 19.8 Å². The number of amides is 1. The Morgan fingerprint density at radius 1 is 1.24 bits per heavy atom. The molecule has 1 aliphatic rings. The highest BCUT2D eigenvalue weighted by molar-refractivity contribution is 5.92. The molecular formula is C19H20F3N7O4. The standard InChI is InChI=1S/C17H19N7O2.C2HF3O2/c1-12-7-15(22-26-12)16(25)23-9-13(8-20-17-18-4-2-5-19-17)10-24-14(11-23)3-6-21-24;3-2(4,5)1(6)7/h2-7,13H,8-11H2,1H3,(H,18,19,20);(H,6,7). The van der Waals surface area contributed by atoms with E-state index in [0.29, 0.717) is 43.6 Å². The number of carbonyl (C=O) groups excluding carboxylic acids is 1. The van der Waals surface area contributed by atoms with Gasteiger partial charge in [0.05, 0.1) is 12.2 Å². The molecule has 0 bridgehead atoms. The Morgan fingerprint density at radius 3 is 2.55 bits per heavy atom. The fourth-order valence-corrected chi connectivity index (χ4v) is 3.07. The molecule has 0 aromatic carbocycles. The van der Waals surface area contributed by atoms with Crippen molar-refractivity contribution in [3.05, 3.63) is 53.9 Å². The molecule has 33 heavy (non-hydrogen) atoms. The van der Waals surface area contributed by atoms with Crippen molar-refractivity contribution in [1.82, 2.24) is 29.8 Å². The van der Waals surface area contributed by atoms with Crippen LogP contribution in [0.25, 0.3) is 0 Å². The van der Waals surface area contributed by atoms with Gasteiger partial charge in [-0.2, -0.15) is 18.3 Å². The quantitative estimate of drug-likeness (QED) is 0.590. The molecule has 0 saturated carbocycles. The molecule has 3 aromatic rings. The monoisotopic (exact) mass is 467 g/mol. The highest BCUT2D eigenvalue weighted by Gasteiger charge is 2.38. The predicted molar refractivity (Wildman–Crippen MR) is 106 cm³/mol. The summed E-state index contributed by atoms with van der Waals surface area (Å²) < 4.78 is 38.7. The first-order valence-corrected chi connectivity index (χ1v) is 9.67. The lowest BCUT2D eigenvalue weighted by molar-refractivity contribution is -0.192. The number of carbonyl (C=O) groups is 2. The number of carboxylic acid groups (broad SMARTS) is 1. The summed E-state index contributed by atoms with van der Waals surface area (Å²) in [5.74, 6) is -1.56. The van der Waals surface area contributed by atoms with E-state index in [-0.39, 0.29) is 11.8 Å². The summed E-state index contributed by atoms with van der Waals surface area (Å²) in [5.41, 5.74) is 1.32. The molecular weight excluding hydrogens is 447 g/mol. The number of fused-ring (bicyclic) bond motifs is 1. The van der Waals surface area contributed by atoms with Gasteiger partial charge in [0, 0.05) is 50.2 Å². The van der Waals surface area contributed by atoms with Crippen molar-refractivity contribution < 1.29 is 32.4 Å². The van der Waals surface area contributed by atoms with Crippen molar-refractivity contribution in [3.63, 3.8) is 0 Å². The molecule has 0 fully saturated rings. The first-order chi connectivity index (χ1) is 15.6. The summed E-state index contributed by atoms with van der Waals surface area (Å²) in [7, 11) is 0. The van der Waals surface area contributed by atoms with Crippen LogP contribution in [-0.4, -0.2) is 66.1 Å². The Hall–Kier alpha value is -3.97. The largest absolute Gasteiger partial charge is 0.490 e. The zero-order valence-corrected chi connectivity index (χ0v) is 17.4. The number of nitrogens with one attached hydrogen (secondary N) is 1. The molecule has 0 aliphatic carbocycles. The Morgan fingerprint density at radius 2 is 1.94 bits per heavy atom. The minimum absolute atomic E-state index is 0.141. The second-order valence-corrected chi connectivity index (χ2v) is 7.14. The molecule has 3 aromatic heterocycles. The predicted octanol–water partition coefficient (Wildman–Crippen LogP) is 1.99. The van der Waals surface area contributed by atoms with Gasteiger partial charge in [0.15, 0.2) is 5.69 Å². The molecule has 0 saturated heterocycles. The van der Waals surface area contributed by atoms with E-state index in [2.05, 4.69) is 25.5 Å². The van der Waals surface area contributed by atoms with Crippen LogP contribution in [0.4, 0.5) is 19.1 Å². The van der Waals surface area contributed by atoms with Gasteiger partial charge >= 0.3 is 12.1 Å². The normalized spacial score (nSPS) is 15.6. The number of aromatic nitrogens is 5. The Kier molecular flexibility index (Phi) is 7.25. The third-order valence-electron chi connectivity index (χ3n) is 4.56. The van der Waals surface area contributed by atoms with E-state index in [4.69, 9.17) is 14.4 Å². The van der Waals surface area contributed by atoms with Crippen LogP contribution in [0.15, 0.2) is 41.3 Å². The first-order valence-electron chi connectivity index (χ1n) is 9.67. The molecule has 0 radical (unpaired) electrons. The van der Waals surface area contributed by atoms with E-state index in [1.165, 1.54) is 0 Å². The van der Waals surface area contributed by atoms with Crippen molar-refractivity contribution in [1.29, 1.82) is 0 Å². The van der Waals surface area contributed by atoms with Crippen molar-refractivity contribution >= 4 is 17.8 Å². The summed E-state index contributed by atoms with van der Waals surface area (Å²) in [6.45, 7) is 4.18. The second kappa shape index (κ2) is 10.1. The SMILES string of the molecule is Cc1cc(C(=O)N2Cc3ccnn3CC(CNc3ncccn3)C2)no1.O=C(O)C(F)(F)F. The molecule has 14 heteroatoms. The van der Waals surface area contributed by atoms with Gasteiger partial charge in [0.2, 0.25) is 5.95 Å².